The lowest BCUT2D eigenvalue weighted by atomic mass is 10.2. The van der Waals surface area contributed by atoms with Crippen molar-refractivity contribution in [3.05, 3.63) is 34.9 Å². The van der Waals surface area contributed by atoms with Crippen LogP contribution in [0.15, 0.2) is 24.3 Å². The van der Waals surface area contributed by atoms with Crippen LogP contribution in [-0.2, 0) is 4.74 Å². The summed E-state index contributed by atoms with van der Waals surface area (Å²) in [5.74, 6) is -0.0560. The Labute approximate surface area is 130 Å². The highest BCUT2D eigenvalue weighted by Gasteiger charge is 2.13. The Bertz CT molecular complexity index is 423. The van der Waals surface area contributed by atoms with E-state index in [1.165, 1.54) is 0 Å². The van der Waals surface area contributed by atoms with E-state index in [4.69, 9.17) is 16.3 Å². The van der Waals surface area contributed by atoms with Gasteiger partial charge in [0.1, 0.15) is 13.1 Å². The van der Waals surface area contributed by atoms with Crippen LogP contribution in [0.3, 0.4) is 0 Å². The number of carbonyl (C=O) groups excluding carboxylic acids is 1. The summed E-state index contributed by atoms with van der Waals surface area (Å²) >= 11 is 5.86. The predicted molar refractivity (Wildman–Crippen MR) is 74.8 cm³/mol. The van der Waals surface area contributed by atoms with Gasteiger partial charge >= 0.3 is 0 Å². The third-order valence-corrected chi connectivity index (χ3v) is 3.51. The summed E-state index contributed by atoms with van der Waals surface area (Å²) in [6.45, 7) is 5.63. The molecule has 0 unspecified atom stereocenters. The number of ether oxygens (including phenoxy) is 1. The Morgan fingerprint density at radius 3 is 2.80 bits per heavy atom. The SMILES string of the molecule is O=C(NCCC[NH+]1CCOCC1)c1cccc(Cl)c1.[Cl-]. The van der Waals surface area contributed by atoms with Gasteiger partial charge in [-0.25, -0.2) is 0 Å². The maximum Gasteiger partial charge on any atom is 0.251 e. The average Bonchev–Trinajstić information content (AvgIpc) is 2.44. The van der Waals surface area contributed by atoms with Gasteiger partial charge in [-0.15, -0.1) is 0 Å². The van der Waals surface area contributed by atoms with Crippen molar-refractivity contribution in [3.8, 4) is 0 Å². The lowest BCUT2D eigenvalue weighted by molar-refractivity contribution is -0.908. The average molecular weight is 319 g/mol. The van der Waals surface area contributed by atoms with Crippen LogP contribution in [0.5, 0.6) is 0 Å². The van der Waals surface area contributed by atoms with E-state index in [1.54, 1.807) is 29.2 Å². The largest absolute Gasteiger partial charge is 1.00 e. The zero-order chi connectivity index (χ0) is 13.5. The first-order chi connectivity index (χ1) is 9.25. The molecule has 0 aromatic heterocycles. The molecule has 1 aliphatic rings. The van der Waals surface area contributed by atoms with Gasteiger partial charge in [0.05, 0.1) is 19.8 Å². The topological polar surface area (TPSA) is 42.8 Å². The summed E-state index contributed by atoms with van der Waals surface area (Å²) in [6.07, 6.45) is 0.988. The second-order valence-corrected chi connectivity index (χ2v) is 5.17. The quantitative estimate of drug-likeness (QED) is 0.584. The molecule has 0 atom stereocenters. The van der Waals surface area contributed by atoms with E-state index in [9.17, 15) is 4.79 Å². The number of carbonyl (C=O) groups is 1. The molecule has 0 spiro atoms. The summed E-state index contributed by atoms with van der Waals surface area (Å²) in [7, 11) is 0. The Kier molecular flexibility index (Phi) is 7.92. The number of rotatable bonds is 5. The summed E-state index contributed by atoms with van der Waals surface area (Å²) in [5, 5.41) is 3.51. The highest BCUT2D eigenvalue weighted by Crippen LogP contribution is 2.10. The van der Waals surface area contributed by atoms with Crippen LogP contribution >= 0.6 is 11.6 Å². The lowest BCUT2D eigenvalue weighted by Crippen LogP contribution is -3.14. The third-order valence-electron chi connectivity index (χ3n) is 3.28. The van der Waals surface area contributed by atoms with E-state index in [0.717, 1.165) is 39.3 Å². The first-order valence-electron chi connectivity index (χ1n) is 6.71. The molecule has 1 aromatic rings. The molecule has 0 aliphatic carbocycles. The van der Waals surface area contributed by atoms with Crippen LogP contribution in [-0.4, -0.2) is 45.3 Å². The standard InChI is InChI=1S/C14H19ClN2O2.ClH/c15-13-4-1-3-12(11-13)14(18)16-5-2-6-17-7-9-19-10-8-17;/h1,3-4,11H,2,5-10H2,(H,16,18);1H. The second kappa shape index (κ2) is 9.19. The number of morpholine rings is 1. The van der Waals surface area contributed by atoms with Crippen LogP contribution < -0.4 is 22.6 Å². The van der Waals surface area contributed by atoms with Gasteiger partial charge in [-0.3, -0.25) is 4.79 Å². The van der Waals surface area contributed by atoms with Gasteiger partial charge in [0.15, 0.2) is 0 Å². The zero-order valence-electron chi connectivity index (χ0n) is 11.3. The van der Waals surface area contributed by atoms with Crippen LogP contribution in [0.1, 0.15) is 16.8 Å². The van der Waals surface area contributed by atoms with Gasteiger partial charge in [0, 0.05) is 23.6 Å². The molecule has 1 saturated heterocycles. The van der Waals surface area contributed by atoms with Crippen molar-refractivity contribution in [1.29, 1.82) is 0 Å². The fourth-order valence-corrected chi connectivity index (χ4v) is 2.37. The van der Waals surface area contributed by atoms with Gasteiger partial charge in [0.25, 0.3) is 5.91 Å². The van der Waals surface area contributed by atoms with E-state index < -0.39 is 0 Å². The Morgan fingerprint density at radius 2 is 2.10 bits per heavy atom. The van der Waals surface area contributed by atoms with E-state index >= 15 is 0 Å². The maximum atomic E-state index is 11.9. The van der Waals surface area contributed by atoms with Gasteiger partial charge in [-0.05, 0) is 18.2 Å². The Balaban J connectivity index is 0.00000200. The second-order valence-electron chi connectivity index (χ2n) is 4.73. The molecule has 1 aliphatic heterocycles. The molecule has 112 valence electrons. The van der Waals surface area contributed by atoms with E-state index in [1.807, 2.05) is 0 Å². The molecule has 1 fully saturated rings. The Hall–Kier alpha value is -0.810. The van der Waals surface area contributed by atoms with Crippen LogP contribution in [0.25, 0.3) is 0 Å². The first kappa shape index (κ1) is 17.2. The first-order valence-corrected chi connectivity index (χ1v) is 7.08. The molecule has 1 aromatic carbocycles. The van der Waals surface area contributed by atoms with Crippen LogP contribution in [0.4, 0.5) is 0 Å². The maximum absolute atomic E-state index is 11.9. The van der Waals surface area contributed by atoms with Crippen LogP contribution in [0, 0.1) is 0 Å². The fourth-order valence-electron chi connectivity index (χ4n) is 2.18. The molecule has 6 heteroatoms. The molecule has 1 heterocycles. The summed E-state index contributed by atoms with van der Waals surface area (Å²) < 4.78 is 5.31. The minimum atomic E-state index is -0.0560. The fraction of sp³-hybridized carbons (Fsp3) is 0.500. The molecule has 1 amide bonds. The minimum absolute atomic E-state index is 0. The monoisotopic (exact) mass is 318 g/mol. The van der Waals surface area contributed by atoms with Crippen molar-refractivity contribution in [2.24, 2.45) is 0 Å². The number of hydrogen-bond donors (Lipinski definition) is 2. The number of halogens is 2. The molecule has 20 heavy (non-hydrogen) atoms. The lowest BCUT2D eigenvalue weighted by Gasteiger charge is -2.23. The number of nitrogens with one attached hydrogen (secondary N) is 2. The van der Waals surface area contributed by atoms with Crippen molar-refractivity contribution in [1.82, 2.24) is 5.32 Å². The van der Waals surface area contributed by atoms with Gasteiger partial charge in [-0.1, -0.05) is 17.7 Å². The molecule has 0 bridgehead atoms. The summed E-state index contributed by atoms with van der Waals surface area (Å²) in [5.41, 5.74) is 0.617. The van der Waals surface area contributed by atoms with Gasteiger partial charge in [0.2, 0.25) is 0 Å². The minimum Gasteiger partial charge on any atom is -1.00 e. The summed E-state index contributed by atoms with van der Waals surface area (Å²) in [4.78, 5) is 13.4. The zero-order valence-corrected chi connectivity index (χ0v) is 12.8. The van der Waals surface area contributed by atoms with Crippen molar-refractivity contribution in [2.45, 2.75) is 6.42 Å². The predicted octanol–water partition coefficient (Wildman–Crippen LogP) is -2.62. The van der Waals surface area contributed by atoms with Crippen molar-refractivity contribution < 1.29 is 26.8 Å². The number of amides is 1. The molecule has 0 radical (unpaired) electrons. The highest BCUT2D eigenvalue weighted by molar-refractivity contribution is 6.30. The molecule has 2 N–H and O–H groups in total. The van der Waals surface area contributed by atoms with Crippen molar-refractivity contribution in [2.75, 3.05) is 39.4 Å². The van der Waals surface area contributed by atoms with E-state index in [0.29, 0.717) is 17.1 Å². The smallest absolute Gasteiger partial charge is 0.251 e. The van der Waals surface area contributed by atoms with Crippen LogP contribution in [0.2, 0.25) is 5.02 Å². The van der Waals surface area contributed by atoms with E-state index in [2.05, 4.69) is 5.32 Å². The number of hydrogen-bond acceptors (Lipinski definition) is 2. The van der Waals surface area contributed by atoms with Crippen molar-refractivity contribution in [3.63, 3.8) is 0 Å². The molecule has 4 nitrogen and oxygen atoms in total. The van der Waals surface area contributed by atoms with E-state index in [-0.39, 0.29) is 18.3 Å². The van der Waals surface area contributed by atoms with Gasteiger partial charge < -0.3 is 27.4 Å². The number of benzene rings is 1. The van der Waals surface area contributed by atoms with Gasteiger partial charge in [-0.2, -0.15) is 0 Å². The Morgan fingerprint density at radius 1 is 1.35 bits per heavy atom. The molecule has 2 rings (SSSR count). The normalized spacial score (nSPS) is 15.4. The highest BCUT2D eigenvalue weighted by atomic mass is 35.5. The number of quaternary nitrogens is 1. The molecule has 0 saturated carbocycles. The molecular weight excluding hydrogens is 299 g/mol. The molecular formula is C14H20Cl2N2O2. The summed E-state index contributed by atoms with van der Waals surface area (Å²) in [6, 6.07) is 7.01. The van der Waals surface area contributed by atoms with Crippen molar-refractivity contribution >= 4 is 17.5 Å². The third kappa shape index (κ3) is 5.67.